The third kappa shape index (κ3) is 4.09. The minimum Gasteiger partial charge on any atom is -0.466 e. The Bertz CT molecular complexity index is 698. The number of rotatable bonds is 10. The van der Waals surface area contributed by atoms with E-state index in [9.17, 15) is 19.5 Å². The molecule has 3 aliphatic rings. The Morgan fingerprint density at radius 1 is 1.32 bits per heavy atom. The predicted molar refractivity (Wildman–Crippen MR) is 114 cm³/mol. The molecule has 3 aliphatic heterocycles. The molecule has 0 radical (unpaired) electrons. The van der Waals surface area contributed by atoms with Crippen molar-refractivity contribution in [1.29, 1.82) is 0 Å². The van der Waals surface area contributed by atoms with Gasteiger partial charge in [0, 0.05) is 6.04 Å². The van der Waals surface area contributed by atoms with Crippen LogP contribution in [-0.4, -0.2) is 70.8 Å². The van der Waals surface area contributed by atoms with E-state index in [1.807, 2.05) is 20.8 Å². The third-order valence-electron chi connectivity index (χ3n) is 7.00. The lowest BCUT2D eigenvalue weighted by Gasteiger charge is -2.37. The number of carbonyl (C=O) groups is 3. The highest BCUT2D eigenvalue weighted by Gasteiger charge is 2.75. The fraction of sp³-hybridized carbons (Fsp3) is 0.870. The molecule has 3 fully saturated rings. The molecule has 3 rings (SSSR count). The van der Waals surface area contributed by atoms with Crippen molar-refractivity contribution in [1.82, 2.24) is 10.2 Å². The zero-order valence-corrected chi connectivity index (χ0v) is 19.4. The van der Waals surface area contributed by atoms with Crippen molar-refractivity contribution in [3.05, 3.63) is 0 Å². The quantitative estimate of drug-likeness (QED) is 0.503. The number of hydrogen-bond donors (Lipinski definition) is 2. The fourth-order valence-corrected chi connectivity index (χ4v) is 5.94. The van der Waals surface area contributed by atoms with Gasteiger partial charge in [-0.1, -0.05) is 27.2 Å². The normalized spacial score (nSPS) is 33.5. The van der Waals surface area contributed by atoms with Crippen LogP contribution in [0.3, 0.4) is 0 Å². The Kier molecular flexibility index (Phi) is 7.31. The minimum atomic E-state index is -1.04. The van der Waals surface area contributed by atoms with E-state index in [-0.39, 0.29) is 37.0 Å². The molecule has 0 saturated carbocycles. The Morgan fingerprint density at radius 3 is 2.61 bits per heavy atom. The first-order chi connectivity index (χ1) is 14.7. The van der Waals surface area contributed by atoms with Crippen LogP contribution < -0.4 is 5.32 Å². The molecule has 3 heterocycles. The van der Waals surface area contributed by atoms with Gasteiger partial charge in [0.25, 0.3) is 0 Å². The molecule has 7 atom stereocenters. The molecular weight excluding hydrogens is 400 g/mol. The molecule has 0 aromatic carbocycles. The number of ether oxygens (including phenoxy) is 2. The number of aliphatic hydroxyl groups excluding tert-OH is 1. The standard InChI is InChI=1S/C23H38N2O6/c1-6-8-14(5)24-20(27)19-23-10-9-16(31-23)17(22(29)30-7-2)18(23)21(28)25(19)15(12-26)11-13(3)4/h13-19,26H,6-12H2,1-5H3,(H,24,27)/t14?,15-,16-,17+,18+,19-,23+/m1/s1. The molecule has 176 valence electrons. The van der Waals surface area contributed by atoms with Crippen LogP contribution in [0.1, 0.15) is 66.7 Å². The van der Waals surface area contributed by atoms with Gasteiger partial charge in [-0.2, -0.15) is 0 Å². The monoisotopic (exact) mass is 438 g/mol. The topological polar surface area (TPSA) is 105 Å². The Labute approximate surface area is 185 Å². The van der Waals surface area contributed by atoms with Gasteiger partial charge in [0.05, 0.1) is 37.2 Å². The number of likely N-dealkylation sites (tertiary alicyclic amines) is 1. The van der Waals surface area contributed by atoms with Gasteiger partial charge in [0.1, 0.15) is 11.6 Å². The Balaban J connectivity index is 2.00. The van der Waals surface area contributed by atoms with E-state index >= 15 is 0 Å². The molecule has 1 spiro atoms. The van der Waals surface area contributed by atoms with Crippen LogP contribution in [0.25, 0.3) is 0 Å². The van der Waals surface area contributed by atoms with Crippen LogP contribution in [-0.2, 0) is 23.9 Å². The maximum absolute atomic E-state index is 13.7. The third-order valence-corrected chi connectivity index (χ3v) is 7.00. The zero-order chi connectivity index (χ0) is 22.9. The van der Waals surface area contributed by atoms with Crippen molar-refractivity contribution in [2.75, 3.05) is 13.2 Å². The van der Waals surface area contributed by atoms with Gasteiger partial charge in [0.15, 0.2) is 0 Å². The van der Waals surface area contributed by atoms with Crippen LogP contribution >= 0.6 is 0 Å². The molecule has 2 amide bonds. The van der Waals surface area contributed by atoms with Gasteiger partial charge in [-0.25, -0.2) is 0 Å². The molecule has 0 aromatic heterocycles. The summed E-state index contributed by atoms with van der Waals surface area (Å²) in [5.74, 6) is -2.19. The first-order valence-corrected chi connectivity index (χ1v) is 11.8. The molecule has 31 heavy (non-hydrogen) atoms. The summed E-state index contributed by atoms with van der Waals surface area (Å²) in [5.41, 5.74) is -1.04. The fourth-order valence-electron chi connectivity index (χ4n) is 5.94. The van der Waals surface area contributed by atoms with Crippen LogP contribution in [0.15, 0.2) is 0 Å². The zero-order valence-electron chi connectivity index (χ0n) is 19.4. The Morgan fingerprint density at radius 2 is 2.03 bits per heavy atom. The van der Waals surface area contributed by atoms with E-state index < -0.39 is 41.6 Å². The number of amides is 2. The average molecular weight is 439 g/mol. The smallest absolute Gasteiger partial charge is 0.312 e. The SMILES string of the molecule is CCCC(C)NC(=O)[C@H]1N([C@@H](CO)CC(C)C)C(=O)[C@@H]2[C@@H](C(=O)OCC)[C@H]3CC[C@]21O3. The molecule has 2 bridgehead atoms. The second kappa shape index (κ2) is 9.45. The first kappa shape index (κ1) is 24.0. The summed E-state index contributed by atoms with van der Waals surface area (Å²) in [7, 11) is 0. The lowest BCUT2D eigenvalue weighted by atomic mass is 9.70. The summed E-state index contributed by atoms with van der Waals surface area (Å²) in [5, 5.41) is 13.2. The highest BCUT2D eigenvalue weighted by molar-refractivity contribution is 5.98. The van der Waals surface area contributed by atoms with Crippen molar-refractivity contribution >= 4 is 17.8 Å². The van der Waals surface area contributed by atoms with Crippen molar-refractivity contribution in [3.8, 4) is 0 Å². The number of esters is 1. The van der Waals surface area contributed by atoms with E-state index in [0.717, 1.165) is 12.8 Å². The molecule has 8 heteroatoms. The molecule has 2 N–H and O–H groups in total. The summed E-state index contributed by atoms with van der Waals surface area (Å²) in [6, 6.07) is -1.40. The molecule has 1 unspecified atom stereocenters. The number of nitrogens with zero attached hydrogens (tertiary/aromatic N) is 1. The van der Waals surface area contributed by atoms with Gasteiger partial charge < -0.3 is 24.8 Å². The molecule has 0 aliphatic carbocycles. The van der Waals surface area contributed by atoms with E-state index in [4.69, 9.17) is 9.47 Å². The average Bonchev–Trinajstić information content (AvgIpc) is 3.33. The van der Waals surface area contributed by atoms with Gasteiger partial charge in [-0.15, -0.1) is 0 Å². The van der Waals surface area contributed by atoms with Crippen LogP contribution in [0.4, 0.5) is 0 Å². The summed E-state index contributed by atoms with van der Waals surface area (Å²) in [4.78, 5) is 41.6. The summed E-state index contributed by atoms with van der Waals surface area (Å²) in [6.07, 6.45) is 3.07. The van der Waals surface area contributed by atoms with Crippen LogP contribution in [0, 0.1) is 17.8 Å². The summed E-state index contributed by atoms with van der Waals surface area (Å²) in [6.45, 7) is 9.76. The van der Waals surface area contributed by atoms with Gasteiger partial charge in [-0.3, -0.25) is 14.4 Å². The van der Waals surface area contributed by atoms with Gasteiger partial charge in [0.2, 0.25) is 11.8 Å². The van der Waals surface area contributed by atoms with E-state index in [1.54, 1.807) is 6.92 Å². The highest BCUT2D eigenvalue weighted by atomic mass is 16.6. The maximum Gasteiger partial charge on any atom is 0.312 e. The van der Waals surface area contributed by atoms with Gasteiger partial charge >= 0.3 is 5.97 Å². The lowest BCUT2D eigenvalue weighted by molar-refractivity contribution is -0.155. The summed E-state index contributed by atoms with van der Waals surface area (Å²) >= 11 is 0. The largest absolute Gasteiger partial charge is 0.466 e. The minimum absolute atomic E-state index is 0.0398. The highest BCUT2D eigenvalue weighted by Crippen LogP contribution is 2.59. The maximum atomic E-state index is 13.7. The predicted octanol–water partition coefficient (Wildman–Crippen LogP) is 1.64. The van der Waals surface area contributed by atoms with Crippen molar-refractivity contribution in [2.24, 2.45) is 17.8 Å². The van der Waals surface area contributed by atoms with Crippen molar-refractivity contribution < 1.29 is 29.0 Å². The van der Waals surface area contributed by atoms with Crippen LogP contribution in [0.2, 0.25) is 0 Å². The van der Waals surface area contributed by atoms with E-state index in [1.165, 1.54) is 4.90 Å². The van der Waals surface area contributed by atoms with Gasteiger partial charge in [-0.05, 0) is 45.4 Å². The lowest BCUT2D eigenvalue weighted by Crippen LogP contribution is -2.59. The van der Waals surface area contributed by atoms with Crippen molar-refractivity contribution in [2.45, 2.75) is 96.6 Å². The number of carbonyl (C=O) groups excluding carboxylic acids is 3. The van der Waals surface area contributed by atoms with E-state index in [2.05, 4.69) is 12.2 Å². The molecule has 3 saturated heterocycles. The van der Waals surface area contributed by atoms with Crippen LogP contribution in [0.5, 0.6) is 0 Å². The first-order valence-electron chi connectivity index (χ1n) is 11.8. The van der Waals surface area contributed by atoms with E-state index in [0.29, 0.717) is 19.3 Å². The second-order valence-electron chi connectivity index (χ2n) is 9.72. The number of fused-ring (bicyclic) bond motifs is 1. The second-order valence-corrected chi connectivity index (χ2v) is 9.72. The molecule has 8 nitrogen and oxygen atoms in total. The molecule has 0 aromatic rings. The Hall–Kier alpha value is -1.67. The number of nitrogens with one attached hydrogen (secondary N) is 1. The number of hydrogen-bond acceptors (Lipinski definition) is 6. The van der Waals surface area contributed by atoms with Crippen molar-refractivity contribution in [3.63, 3.8) is 0 Å². The number of aliphatic hydroxyl groups is 1. The molecular formula is C23H38N2O6. The summed E-state index contributed by atoms with van der Waals surface area (Å²) < 4.78 is 11.6.